The Morgan fingerprint density at radius 2 is 1.71 bits per heavy atom. The molecule has 0 bridgehead atoms. The maximum Gasteiger partial charge on any atom is 0.312 e. The van der Waals surface area contributed by atoms with Crippen LogP contribution in [0, 0.1) is 56.7 Å². The van der Waals surface area contributed by atoms with Crippen molar-refractivity contribution in [3.05, 3.63) is 35.5 Å². The van der Waals surface area contributed by atoms with Crippen molar-refractivity contribution in [3.8, 4) is 0 Å². The molecule has 1 amide bonds. The second-order valence-corrected chi connectivity index (χ2v) is 22.0. The van der Waals surface area contributed by atoms with E-state index in [1.54, 1.807) is 4.90 Å². The molecule has 0 aromatic carbocycles. The number of hydrogen-bond acceptors (Lipinski definition) is 5. The zero-order valence-electron chi connectivity index (χ0n) is 32.2. The van der Waals surface area contributed by atoms with E-state index in [1.807, 2.05) is 0 Å². The molecule has 1 saturated heterocycles. The highest BCUT2D eigenvalue weighted by molar-refractivity contribution is 8.24. The lowest BCUT2D eigenvalue weighted by Crippen LogP contribution is -2.68. The summed E-state index contributed by atoms with van der Waals surface area (Å²) < 4.78 is 34.3. The summed E-state index contributed by atoms with van der Waals surface area (Å²) in [4.78, 5) is 27.0. The molecule has 9 heteroatoms. The molecule has 286 valence electrons. The number of alkyl halides is 1. The molecule has 51 heavy (non-hydrogen) atoms. The first-order valence-corrected chi connectivity index (χ1v) is 21.8. The summed E-state index contributed by atoms with van der Waals surface area (Å²) in [6, 6.07) is 0. The number of carbonyl (C=O) groups excluding carboxylic acids is 1. The van der Waals surface area contributed by atoms with Gasteiger partial charge in [0, 0.05) is 12.1 Å². The topological polar surface area (TPSA) is 110 Å². The van der Waals surface area contributed by atoms with Gasteiger partial charge in [-0.1, -0.05) is 58.9 Å². The zero-order chi connectivity index (χ0) is 37.0. The average molecular weight is 729 g/mol. The zero-order valence-corrected chi connectivity index (χ0v) is 33.0. The number of hydrogen-bond donors (Lipinski definition) is 4. The van der Waals surface area contributed by atoms with Crippen LogP contribution in [0.2, 0.25) is 0 Å². The van der Waals surface area contributed by atoms with Crippen molar-refractivity contribution in [2.45, 2.75) is 124 Å². The third-order valence-corrected chi connectivity index (χ3v) is 18.9. The minimum atomic E-state index is -2.68. The summed E-state index contributed by atoms with van der Waals surface area (Å²) >= 11 is 0. The quantitative estimate of drug-likeness (QED) is 0.195. The summed E-state index contributed by atoms with van der Waals surface area (Å²) in [7, 11) is -2.68. The lowest BCUT2D eigenvalue weighted by Gasteiger charge is -2.72. The van der Waals surface area contributed by atoms with E-state index in [4.69, 9.17) is 0 Å². The molecule has 4 saturated carbocycles. The summed E-state index contributed by atoms with van der Waals surface area (Å²) in [6.45, 7) is 19.3. The van der Waals surface area contributed by atoms with Crippen LogP contribution in [0.5, 0.6) is 0 Å². The number of nitrogens with one attached hydrogen (secondary N) is 1. The van der Waals surface area contributed by atoms with Gasteiger partial charge in [-0.05, 0) is 146 Å². The predicted octanol–water partition coefficient (Wildman–Crippen LogP) is 9.22. The van der Waals surface area contributed by atoms with Gasteiger partial charge in [0.1, 0.15) is 12.6 Å². The van der Waals surface area contributed by atoms with Crippen LogP contribution < -0.4 is 5.32 Å². The van der Waals surface area contributed by atoms with Gasteiger partial charge in [0.15, 0.2) is 0 Å². The van der Waals surface area contributed by atoms with Crippen LogP contribution in [0.15, 0.2) is 35.5 Å². The van der Waals surface area contributed by atoms with Crippen molar-refractivity contribution in [2.75, 3.05) is 31.4 Å². The number of fused-ring (bicyclic) bond motifs is 7. The number of carboxylic acid groups (broad SMARTS) is 1. The minimum Gasteiger partial charge on any atom is -0.481 e. The first kappa shape index (κ1) is 37.6. The second kappa shape index (κ2) is 12.4. The lowest BCUT2D eigenvalue weighted by molar-refractivity contribution is -0.221. The van der Waals surface area contributed by atoms with E-state index in [1.165, 1.54) is 42.4 Å². The van der Waals surface area contributed by atoms with E-state index in [2.05, 4.69) is 65.6 Å². The standard InChI is InChI=1S/C42H65FN2O5S/c1-27(2)29-12-19-42(44-24-34(46)45-22-23-51(49,50)26-45)21-20-39(6)31(35(29)42)8-9-33-38(5)15-13-30(37(3,4)32(38)14-16-40(33,39)7)28-10-17-41(25-43,18-11-28)36(47)48/h10,13,29,31-33,35,44,49-50H,1,8-9,11-12,14-26H2,2-7H3,(H,47,48)/t29-,31+,32-,33+,35+,38?,39+,40+,41-,42-/m0/s1. The van der Waals surface area contributed by atoms with Gasteiger partial charge in [-0.25, -0.2) is 4.39 Å². The van der Waals surface area contributed by atoms with Crippen LogP contribution in [0.25, 0.3) is 0 Å². The van der Waals surface area contributed by atoms with Gasteiger partial charge in [-0.2, -0.15) is 10.6 Å². The molecule has 5 fully saturated rings. The minimum absolute atomic E-state index is 0.0189. The van der Waals surface area contributed by atoms with Crippen molar-refractivity contribution >= 4 is 22.5 Å². The Labute approximate surface area is 307 Å². The van der Waals surface area contributed by atoms with E-state index in [9.17, 15) is 28.2 Å². The molecular weight excluding hydrogens is 664 g/mol. The van der Waals surface area contributed by atoms with Crippen LogP contribution in [0.1, 0.15) is 119 Å². The number of rotatable bonds is 7. The molecule has 1 heterocycles. The number of halogens is 1. The van der Waals surface area contributed by atoms with E-state index >= 15 is 0 Å². The summed E-state index contributed by atoms with van der Waals surface area (Å²) in [6.07, 6.45) is 16.0. The average Bonchev–Trinajstić information content (AvgIpc) is 3.64. The van der Waals surface area contributed by atoms with E-state index in [0.29, 0.717) is 49.0 Å². The van der Waals surface area contributed by atoms with Gasteiger partial charge >= 0.3 is 5.97 Å². The molecule has 7 nitrogen and oxygen atoms in total. The fourth-order valence-electron chi connectivity index (χ4n) is 14.3. The van der Waals surface area contributed by atoms with Gasteiger partial charge in [0.25, 0.3) is 0 Å². The van der Waals surface area contributed by atoms with Crippen molar-refractivity contribution in [2.24, 2.45) is 56.7 Å². The highest BCUT2D eigenvalue weighted by atomic mass is 32.3. The fraction of sp³-hybridized carbons (Fsp3) is 0.810. The van der Waals surface area contributed by atoms with Crippen molar-refractivity contribution in [3.63, 3.8) is 0 Å². The monoisotopic (exact) mass is 728 g/mol. The number of carboxylic acids is 1. The number of carbonyl (C=O) groups is 2. The Balaban J connectivity index is 1.15. The molecule has 1 aliphatic heterocycles. The molecule has 1 unspecified atom stereocenters. The van der Waals surface area contributed by atoms with Crippen LogP contribution in [-0.2, 0) is 9.59 Å². The molecule has 6 aliphatic carbocycles. The summed E-state index contributed by atoms with van der Waals surface area (Å²) in [5.41, 5.74) is 2.98. The number of aliphatic carboxylic acids is 1. The molecule has 10 atom stereocenters. The van der Waals surface area contributed by atoms with Gasteiger partial charge in [-0.15, -0.1) is 0 Å². The van der Waals surface area contributed by atoms with Crippen LogP contribution >= 0.6 is 10.6 Å². The second-order valence-electron chi connectivity index (χ2n) is 19.7. The third kappa shape index (κ3) is 5.50. The smallest absolute Gasteiger partial charge is 0.312 e. The molecule has 4 N–H and O–H groups in total. The Kier molecular flexibility index (Phi) is 9.17. The molecule has 0 aromatic heterocycles. The molecule has 0 spiro atoms. The fourth-order valence-corrected chi connectivity index (χ4v) is 15.7. The van der Waals surface area contributed by atoms with Crippen molar-refractivity contribution in [1.29, 1.82) is 0 Å². The molecule has 0 radical (unpaired) electrons. The first-order valence-electron chi connectivity index (χ1n) is 19.9. The van der Waals surface area contributed by atoms with Crippen LogP contribution in [0.3, 0.4) is 0 Å². The largest absolute Gasteiger partial charge is 0.481 e. The Bertz CT molecular complexity index is 1540. The van der Waals surface area contributed by atoms with Gasteiger partial charge in [-0.3, -0.25) is 18.7 Å². The molecular formula is C42H65FN2O5S. The maximum absolute atomic E-state index is 14.0. The van der Waals surface area contributed by atoms with Gasteiger partial charge < -0.3 is 15.3 Å². The first-order chi connectivity index (χ1) is 23.8. The number of nitrogens with zero attached hydrogens (tertiary/aromatic N) is 1. The molecule has 0 aromatic rings. The highest BCUT2D eigenvalue weighted by Gasteiger charge is 2.70. The number of allylic oxidation sites excluding steroid dienone is 5. The van der Waals surface area contributed by atoms with E-state index in [0.717, 1.165) is 32.1 Å². The molecule has 7 aliphatic rings. The van der Waals surface area contributed by atoms with E-state index in [-0.39, 0.29) is 57.7 Å². The Morgan fingerprint density at radius 3 is 2.31 bits per heavy atom. The van der Waals surface area contributed by atoms with Crippen LogP contribution in [0.4, 0.5) is 4.39 Å². The van der Waals surface area contributed by atoms with Crippen LogP contribution in [-0.4, -0.2) is 67.9 Å². The Morgan fingerprint density at radius 1 is 0.961 bits per heavy atom. The predicted molar refractivity (Wildman–Crippen MR) is 203 cm³/mol. The lowest BCUT2D eigenvalue weighted by atomic mass is 9.33. The summed E-state index contributed by atoms with van der Waals surface area (Å²) in [5.74, 6) is 1.83. The van der Waals surface area contributed by atoms with Gasteiger partial charge in [0.05, 0.1) is 17.7 Å². The molecule has 7 rings (SSSR count). The summed E-state index contributed by atoms with van der Waals surface area (Å²) in [5, 5.41) is 13.7. The highest BCUT2D eigenvalue weighted by Crippen LogP contribution is 2.76. The van der Waals surface area contributed by atoms with Gasteiger partial charge in [0.2, 0.25) is 5.91 Å². The normalized spacial score (nSPS) is 46.1. The van der Waals surface area contributed by atoms with E-state index < -0.39 is 28.6 Å². The maximum atomic E-state index is 14.0. The number of amides is 1. The van der Waals surface area contributed by atoms with Crippen molar-refractivity contribution < 1.29 is 28.2 Å². The third-order valence-electron chi connectivity index (χ3n) is 17.3. The SMILES string of the molecule is C=C(C)[C@@H]1CC[C@]2(NCC(=O)N3CCS(O)(O)C3)CC[C@]3(C)[C@H](CC[C@@H]4C5(C)CC=C(C6=CC[C@](CF)(C(=O)O)CC6)C(C)(C)[C@@H]5CC[C@]43C)[C@@H]12. The van der Waals surface area contributed by atoms with Crippen molar-refractivity contribution in [1.82, 2.24) is 10.2 Å². The Hall–Kier alpha value is -1.68.